The first-order valence-electron chi connectivity index (χ1n) is 6.49. The van der Waals surface area contributed by atoms with Gasteiger partial charge in [0, 0.05) is 6.07 Å². The van der Waals surface area contributed by atoms with Crippen molar-refractivity contribution in [1.29, 1.82) is 0 Å². The van der Waals surface area contributed by atoms with Gasteiger partial charge in [-0.1, -0.05) is 29.3 Å². The molecule has 0 saturated heterocycles. The Hall–Kier alpha value is -1.63. The second kappa shape index (κ2) is 6.86. The van der Waals surface area contributed by atoms with Crippen molar-refractivity contribution < 1.29 is 17.9 Å². The second-order valence-electron chi connectivity index (χ2n) is 4.68. The molecule has 23 heavy (non-hydrogen) atoms. The monoisotopic (exact) mass is 375 g/mol. The third-order valence-corrected chi connectivity index (χ3v) is 5.52. The average Bonchev–Trinajstić information content (AvgIpc) is 2.51. The van der Waals surface area contributed by atoms with Gasteiger partial charge >= 0.3 is 0 Å². The van der Waals surface area contributed by atoms with Crippen LogP contribution in [0.1, 0.15) is 5.56 Å². The van der Waals surface area contributed by atoms with Gasteiger partial charge in [0.1, 0.15) is 4.90 Å². The van der Waals surface area contributed by atoms with E-state index >= 15 is 0 Å². The molecule has 124 valence electrons. The lowest BCUT2D eigenvalue weighted by Crippen LogP contribution is -2.14. The zero-order valence-corrected chi connectivity index (χ0v) is 15.0. The first-order chi connectivity index (χ1) is 10.8. The summed E-state index contributed by atoms with van der Waals surface area (Å²) < 4.78 is 38.0. The summed E-state index contributed by atoms with van der Waals surface area (Å²) in [5.41, 5.74) is 1.03. The molecule has 2 aromatic rings. The van der Waals surface area contributed by atoms with Gasteiger partial charge in [-0.05, 0) is 30.7 Å². The van der Waals surface area contributed by atoms with Crippen LogP contribution in [0, 0.1) is 6.92 Å². The number of methoxy groups -OCH3 is 2. The number of benzene rings is 2. The minimum absolute atomic E-state index is 0.0280. The third-order valence-electron chi connectivity index (χ3n) is 3.18. The zero-order valence-electron chi connectivity index (χ0n) is 12.7. The molecule has 5 nitrogen and oxygen atoms in total. The van der Waals surface area contributed by atoms with Crippen LogP contribution in [-0.2, 0) is 10.0 Å². The molecule has 1 N–H and O–H groups in total. The number of ether oxygens (including phenoxy) is 2. The number of hydrogen-bond acceptors (Lipinski definition) is 4. The lowest BCUT2D eigenvalue weighted by Gasteiger charge is -2.15. The number of hydrogen-bond donors (Lipinski definition) is 1. The van der Waals surface area contributed by atoms with Crippen molar-refractivity contribution in [2.75, 3.05) is 18.9 Å². The number of anilines is 1. The average molecular weight is 376 g/mol. The lowest BCUT2D eigenvalue weighted by molar-refractivity contribution is 0.355. The highest BCUT2D eigenvalue weighted by Crippen LogP contribution is 2.35. The molecule has 0 heterocycles. The Kier molecular flexibility index (Phi) is 5.29. The Morgan fingerprint density at radius 2 is 1.65 bits per heavy atom. The van der Waals surface area contributed by atoms with Gasteiger partial charge in [-0.3, -0.25) is 4.72 Å². The topological polar surface area (TPSA) is 64.6 Å². The summed E-state index contributed by atoms with van der Waals surface area (Å²) in [6.45, 7) is 1.75. The quantitative estimate of drug-likeness (QED) is 0.853. The Morgan fingerprint density at radius 3 is 2.26 bits per heavy atom. The normalized spacial score (nSPS) is 11.2. The first kappa shape index (κ1) is 17.7. The molecule has 0 spiro atoms. The van der Waals surface area contributed by atoms with Crippen molar-refractivity contribution in [2.45, 2.75) is 11.8 Å². The molecule has 0 fully saturated rings. The minimum Gasteiger partial charge on any atom is -0.493 e. The van der Waals surface area contributed by atoms with E-state index in [9.17, 15) is 8.42 Å². The number of sulfonamides is 1. The molecule has 0 saturated carbocycles. The van der Waals surface area contributed by atoms with Gasteiger partial charge in [-0.15, -0.1) is 0 Å². The summed E-state index contributed by atoms with van der Waals surface area (Å²) in [6.07, 6.45) is 0. The van der Waals surface area contributed by atoms with E-state index in [0.29, 0.717) is 22.7 Å². The maximum atomic E-state index is 12.6. The van der Waals surface area contributed by atoms with Crippen LogP contribution in [0.15, 0.2) is 35.2 Å². The molecule has 0 bridgehead atoms. The molecule has 0 unspecified atom stereocenters. The van der Waals surface area contributed by atoms with Gasteiger partial charge in [0.2, 0.25) is 0 Å². The molecule has 0 aliphatic carbocycles. The first-order valence-corrected chi connectivity index (χ1v) is 8.73. The van der Waals surface area contributed by atoms with Gasteiger partial charge in [0.05, 0.1) is 30.0 Å². The molecule has 0 aromatic heterocycles. The van der Waals surface area contributed by atoms with Gasteiger partial charge < -0.3 is 9.47 Å². The Labute approximate surface area is 145 Å². The van der Waals surface area contributed by atoms with Crippen LogP contribution in [0.25, 0.3) is 0 Å². The summed E-state index contributed by atoms with van der Waals surface area (Å²) in [5, 5.41) is 0.137. The number of rotatable bonds is 5. The maximum Gasteiger partial charge on any atom is 0.263 e. The fourth-order valence-electron chi connectivity index (χ4n) is 1.98. The zero-order chi connectivity index (χ0) is 17.2. The highest BCUT2D eigenvalue weighted by atomic mass is 35.5. The lowest BCUT2D eigenvalue weighted by atomic mass is 10.2. The van der Waals surface area contributed by atoms with E-state index in [0.717, 1.165) is 0 Å². The molecule has 0 radical (unpaired) electrons. The van der Waals surface area contributed by atoms with Crippen LogP contribution in [-0.4, -0.2) is 22.6 Å². The molecule has 8 heteroatoms. The highest BCUT2D eigenvalue weighted by Gasteiger charge is 2.21. The van der Waals surface area contributed by atoms with E-state index in [1.807, 2.05) is 0 Å². The van der Waals surface area contributed by atoms with Gasteiger partial charge in [0.15, 0.2) is 11.5 Å². The van der Waals surface area contributed by atoms with Crippen LogP contribution < -0.4 is 14.2 Å². The van der Waals surface area contributed by atoms with E-state index in [2.05, 4.69) is 4.72 Å². The van der Waals surface area contributed by atoms with Crippen LogP contribution in [0.5, 0.6) is 11.5 Å². The van der Waals surface area contributed by atoms with E-state index in [4.69, 9.17) is 32.7 Å². The SMILES string of the molecule is COc1cc(C)c(NS(=O)(=O)c2cccc(Cl)c2Cl)cc1OC. The van der Waals surface area contributed by atoms with Crippen molar-refractivity contribution in [3.05, 3.63) is 45.9 Å². The number of nitrogens with one attached hydrogen (secondary N) is 1. The summed E-state index contributed by atoms with van der Waals surface area (Å²) in [4.78, 5) is -0.0964. The predicted molar refractivity (Wildman–Crippen MR) is 91.6 cm³/mol. The van der Waals surface area contributed by atoms with Crippen molar-refractivity contribution >= 4 is 38.9 Å². The molecular formula is C15H15Cl2NO4S. The van der Waals surface area contributed by atoms with Crippen LogP contribution in [0.4, 0.5) is 5.69 Å². The van der Waals surface area contributed by atoms with Crippen molar-refractivity contribution in [3.8, 4) is 11.5 Å². The van der Waals surface area contributed by atoms with Crippen LogP contribution in [0.3, 0.4) is 0 Å². The Balaban J connectivity index is 2.47. The largest absolute Gasteiger partial charge is 0.493 e. The fourth-order valence-corrected chi connectivity index (χ4v) is 3.87. The molecule has 0 aliphatic rings. The van der Waals surface area contributed by atoms with Gasteiger partial charge in [0.25, 0.3) is 10.0 Å². The summed E-state index contributed by atoms with van der Waals surface area (Å²) >= 11 is 11.9. The predicted octanol–water partition coefficient (Wildman–Crippen LogP) is 4.12. The summed E-state index contributed by atoms with van der Waals surface area (Å²) in [5.74, 6) is 0.918. The molecular weight excluding hydrogens is 361 g/mol. The molecule has 0 atom stereocenters. The maximum absolute atomic E-state index is 12.6. The molecule has 0 amide bonds. The molecule has 0 aliphatic heterocycles. The van der Waals surface area contributed by atoms with Crippen molar-refractivity contribution in [2.24, 2.45) is 0 Å². The summed E-state index contributed by atoms with van der Waals surface area (Å²) in [6, 6.07) is 7.64. The van der Waals surface area contributed by atoms with Gasteiger partial charge in [-0.2, -0.15) is 0 Å². The highest BCUT2D eigenvalue weighted by molar-refractivity contribution is 7.92. The Bertz CT molecular complexity index is 838. The van der Waals surface area contributed by atoms with Crippen molar-refractivity contribution in [1.82, 2.24) is 0 Å². The van der Waals surface area contributed by atoms with Gasteiger partial charge in [-0.25, -0.2) is 8.42 Å². The fraction of sp³-hybridized carbons (Fsp3) is 0.200. The standard InChI is InChI=1S/C15H15Cl2NO4S/c1-9-7-12(21-2)13(22-3)8-11(9)18-23(19,20)14-6-4-5-10(16)15(14)17/h4-8,18H,1-3H3. The second-order valence-corrected chi connectivity index (χ2v) is 7.12. The van der Waals surface area contributed by atoms with E-state index in [1.54, 1.807) is 19.1 Å². The van der Waals surface area contributed by atoms with E-state index < -0.39 is 10.0 Å². The van der Waals surface area contributed by atoms with E-state index in [1.165, 1.54) is 32.4 Å². The minimum atomic E-state index is -3.90. The molecule has 2 aromatic carbocycles. The Morgan fingerprint density at radius 1 is 1.04 bits per heavy atom. The number of halogens is 2. The van der Waals surface area contributed by atoms with Crippen molar-refractivity contribution in [3.63, 3.8) is 0 Å². The summed E-state index contributed by atoms with van der Waals surface area (Å²) in [7, 11) is -0.918. The molecule has 2 rings (SSSR count). The van der Waals surface area contributed by atoms with Crippen LogP contribution in [0.2, 0.25) is 10.0 Å². The smallest absolute Gasteiger partial charge is 0.263 e. The van der Waals surface area contributed by atoms with Crippen LogP contribution >= 0.6 is 23.2 Å². The third kappa shape index (κ3) is 3.65. The van der Waals surface area contributed by atoms with E-state index in [-0.39, 0.29) is 14.9 Å². The number of aryl methyl sites for hydroxylation is 1.